The van der Waals surface area contributed by atoms with Gasteiger partial charge in [-0.25, -0.2) is 4.98 Å². The molecule has 1 aromatic heterocycles. The first-order valence-corrected chi connectivity index (χ1v) is 5.90. The second-order valence-corrected chi connectivity index (χ2v) is 4.92. The van der Waals surface area contributed by atoms with E-state index in [1.807, 2.05) is 12.3 Å². The van der Waals surface area contributed by atoms with Crippen molar-refractivity contribution in [2.45, 2.75) is 38.3 Å². The first-order valence-electron chi connectivity index (χ1n) is 5.02. The molecule has 15 heavy (non-hydrogen) atoms. The van der Waals surface area contributed by atoms with Gasteiger partial charge in [-0.3, -0.25) is 10.1 Å². The lowest BCUT2D eigenvalue weighted by Crippen LogP contribution is -2.56. The second kappa shape index (κ2) is 3.90. The lowest BCUT2D eigenvalue weighted by molar-refractivity contribution is -0.148. The van der Waals surface area contributed by atoms with E-state index in [1.54, 1.807) is 11.3 Å². The van der Waals surface area contributed by atoms with Crippen LogP contribution in [-0.4, -0.2) is 21.6 Å². The summed E-state index contributed by atoms with van der Waals surface area (Å²) in [4.78, 5) is 15.3. The van der Waals surface area contributed by atoms with E-state index >= 15 is 0 Å². The fourth-order valence-corrected chi connectivity index (χ4v) is 2.44. The first kappa shape index (κ1) is 10.6. The van der Waals surface area contributed by atoms with E-state index in [2.05, 4.69) is 10.3 Å². The highest BCUT2D eigenvalue weighted by Crippen LogP contribution is 2.32. The predicted octanol–water partition coefficient (Wildman–Crippen LogP) is 1.55. The third-order valence-electron chi connectivity index (χ3n) is 2.86. The predicted molar refractivity (Wildman–Crippen MR) is 57.9 cm³/mol. The SMILES string of the molecule is Cc1csc(CNC2(C(=O)O)CCC2)n1. The highest BCUT2D eigenvalue weighted by Gasteiger charge is 2.43. The van der Waals surface area contributed by atoms with Crippen molar-refractivity contribution in [3.05, 3.63) is 16.1 Å². The number of nitrogens with one attached hydrogen (secondary N) is 1. The molecule has 2 rings (SSSR count). The molecule has 1 saturated carbocycles. The normalized spacial score (nSPS) is 18.5. The first-order chi connectivity index (χ1) is 7.12. The molecule has 0 bridgehead atoms. The van der Waals surface area contributed by atoms with E-state index in [4.69, 9.17) is 5.11 Å². The minimum atomic E-state index is -0.734. The van der Waals surface area contributed by atoms with Crippen LogP contribution in [0.25, 0.3) is 0 Å². The molecule has 2 N–H and O–H groups in total. The number of nitrogens with zero attached hydrogens (tertiary/aromatic N) is 1. The van der Waals surface area contributed by atoms with Crippen molar-refractivity contribution < 1.29 is 9.90 Å². The zero-order valence-corrected chi connectivity index (χ0v) is 9.43. The van der Waals surface area contributed by atoms with Crippen LogP contribution in [0.5, 0.6) is 0 Å². The summed E-state index contributed by atoms with van der Waals surface area (Å²) in [5.41, 5.74) is 0.314. The van der Waals surface area contributed by atoms with Gasteiger partial charge in [0, 0.05) is 17.6 Å². The monoisotopic (exact) mass is 226 g/mol. The van der Waals surface area contributed by atoms with Gasteiger partial charge in [0.2, 0.25) is 0 Å². The third-order valence-corrected chi connectivity index (χ3v) is 3.83. The van der Waals surface area contributed by atoms with Crippen molar-refractivity contribution in [1.82, 2.24) is 10.3 Å². The molecule has 4 nitrogen and oxygen atoms in total. The Labute approximate surface area is 92.3 Å². The molecular weight excluding hydrogens is 212 g/mol. The van der Waals surface area contributed by atoms with E-state index < -0.39 is 11.5 Å². The second-order valence-electron chi connectivity index (χ2n) is 3.98. The Morgan fingerprint density at radius 2 is 2.47 bits per heavy atom. The van der Waals surface area contributed by atoms with Gasteiger partial charge in [0.05, 0.1) is 0 Å². The van der Waals surface area contributed by atoms with E-state index in [-0.39, 0.29) is 0 Å². The molecule has 1 fully saturated rings. The minimum Gasteiger partial charge on any atom is -0.480 e. The summed E-state index contributed by atoms with van der Waals surface area (Å²) >= 11 is 1.57. The number of hydrogen-bond donors (Lipinski definition) is 2. The molecule has 0 atom stereocenters. The van der Waals surface area contributed by atoms with Crippen LogP contribution < -0.4 is 5.32 Å². The van der Waals surface area contributed by atoms with Gasteiger partial charge in [0.15, 0.2) is 0 Å². The molecule has 1 aliphatic rings. The van der Waals surface area contributed by atoms with Crippen LogP contribution in [-0.2, 0) is 11.3 Å². The molecule has 82 valence electrons. The van der Waals surface area contributed by atoms with Gasteiger partial charge in [-0.05, 0) is 26.2 Å². The molecule has 1 aromatic rings. The Hall–Kier alpha value is -0.940. The highest BCUT2D eigenvalue weighted by molar-refractivity contribution is 7.09. The van der Waals surface area contributed by atoms with Crippen LogP contribution >= 0.6 is 11.3 Å². The number of aliphatic carboxylic acids is 1. The zero-order valence-electron chi connectivity index (χ0n) is 8.62. The van der Waals surface area contributed by atoms with Crippen LogP contribution in [0.3, 0.4) is 0 Å². The number of rotatable bonds is 4. The molecule has 5 heteroatoms. The summed E-state index contributed by atoms with van der Waals surface area (Å²) in [6.07, 6.45) is 2.45. The average Bonchev–Trinajstić information content (AvgIpc) is 2.49. The van der Waals surface area contributed by atoms with Crippen LogP contribution in [0, 0.1) is 6.92 Å². The summed E-state index contributed by atoms with van der Waals surface area (Å²) in [5, 5.41) is 15.1. The molecule has 0 aromatic carbocycles. The summed E-state index contributed by atoms with van der Waals surface area (Å²) < 4.78 is 0. The summed E-state index contributed by atoms with van der Waals surface area (Å²) in [6, 6.07) is 0. The molecule has 1 heterocycles. The lowest BCUT2D eigenvalue weighted by atomic mass is 9.77. The van der Waals surface area contributed by atoms with Gasteiger partial charge in [0.1, 0.15) is 10.5 Å². The van der Waals surface area contributed by atoms with Crippen LogP contribution in [0.4, 0.5) is 0 Å². The summed E-state index contributed by atoms with van der Waals surface area (Å²) in [5.74, 6) is -0.734. The molecule has 1 aliphatic carbocycles. The van der Waals surface area contributed by atoms with Gasteiger partial charge in [0.25, 0.3) is 0 Å². The van der Waals surface area contributed by atoms with Crippen LogP contribution in [0.15, 0.2) is 5.38 Å². The van der Waals surface area contributed by atoms with Crippen molar-refractivity contribution in [2.75, 3.05) is 0 Å². The molecular formula is C10H14N2O2S. The number of carboxylic acid groups (broad SMARTS) is 1. The fraction of sp³-hybridized carbons (Fsp3) is 0.600. The Morgan fingerprint density at radius 3 is 2.87 bits per heavy atom. The van der Waals surface area contributed by atoms with Crippen LogP contribution in [0.2, 0.25) is 0 Å². The average molecular weight is 226 g/mol. The van der Waals surface area contributed by atoms with Crippen molar-refractivity contribution in [3.8, 4) is 0 Å². The van der Waals surface area contributed by atoms with Gasteiger partial charge in [-0.2, -0.15) is 0 Å². The molecule has 0 amide bonds. The van der Waals surface area contributed by atoms with E-state index in [1.165, 1.54) is 0 Å². The van der Waals surface area contributed by atoms with E-state index in [0.717, 1.165) is 30.0 Å². The summed E-state index contributed by atoms with van der Waals surface area (Å²) in [6.45, 7) is 2.50. The maximum Gasteiger partial charge on any atom is 0.323 e. The Bertz CT molecular complexity index is 371. The lowest BCUT2D eigenvalue weighted by Gasteiger charge is -2.38. The number of carbonyl (C=O) groups is 1. The van der Waals surface area contributed by atoms with Crippen molar-refractivity contribution in [2.24, 2.45) is 0 Å². The molecule has 0 spiro atoms. The third kappa shape index (κ3) is 2.03. The smallest absolute Gasteiger partial charge is 0.323 e. The van der Waals surface area contributed by atoms with Crippen LogP contribution in [0.1, 0.15) is 30.0 Å². The molecule has 0 radical (unpaired) electrons. The molecule has 0 saturated heterocycles. The maximum absolute atomic E-state index is 11.1. The van der Waals surface area contributed by atoms with Gasteiger partial charge in [-0.15, -0.1) is 11.3 Å². The molecule has 0 unspecified atom stereocenters. The fourth-order valence-electron chi connectivity index (χ4n) is 1.73. The number of carboxylic acids is 1. The Kier molecular flexibility index (Phi) is 2.75. The Morgan fingerprint density at radius 1 is 1.73 bits per heavy atom. The van der Waals surface area contributed by atoms with Crippen molar-refractivity contribution >= 4 is 17.3 Å². The Balaban J connectivity index is 1.95. The number of aromatic nitrogens is 1. The number of thiazole rings is 1. The van der Waals surface area contributed by atoms with E-state index in [9.17, 15) is 4.79 Å². The van der Waals surface area contributed by atoms with E-state index in [0.29, 0.717) is 6.54 Å². The number of hydrogen-bond acceptors (Lipinski definition) is 4. The van der Waals surface area contributed by atoms with Gasteiger partial charge in [-0.1, -0.05) is 0 Å². The molecule has 0 aliphatic heterocycles. The number of aryl methyl sites for hydroxylation is 1. The quantitative estimate of drug-likeness (QED) is 0.817. The van der Waals surface area contributed by atoms with Crippen molar-refractivity contribution in [3.63, 3.8) is 0 Å². The maximum atomic E-state index is 11.1. The largest absolute Gasteiger partial charge is 0.480 e. The van der Waals surface area contributed by atoms with Gasteiger partial charge >= 0.3 is 5.97 Å². The summed E-state index contributed by atoms with van der Waals surface area (Å²) in [7, 11) is 0. The highest BCUT2D eigenvalue weighted by atomic mass is 32.1. The topological polar surface area (TPSA) is 62.2 Å². The standard InChI is InChI=1S/C10H14N2O2S/c1-7-6-15-8(12-7)5-11-10(9(13)14)3-2-4-10/h6,11H,2-5H2,1H3,(H,13,14). The minimum absolute atomic E-state index is 0.560. The van der Waals surface area contributed by atoms with Crippen molar-refractivity contribution in [1.29, 1.82) is 0 Å². The van der Waals surface area contributed by atoms with Gasteiger partial charge < -0.3 is 5.11 Å². The zero-order chi connectivity index (χ0) is 10.9.